The SMILES string of the molecule is CCN1CCc2ccc(OC)cc21. The van der Waals surface area contributed by atoms with Gasteiger partial charge in [-0.3, -0.25) is 0 Å². The van der Waals surface area contributed by atoms with E-state index in [0.717, 1.165) is 18.8 Å². The lowest BCUT2D eigenvalue weighted by Gasteiger charge is -2.16. The Bertz CT molecular complexity index is 309. The highest BCUT2D eigenvalue weighted by molar-refractivity contribution is 5.60. The van der Waals surface area contributed by atoms with Crippen LogP contribution in [0.4, 0.5) is 5.69 Å². The topological polar surface area (TPSA) is 12.5 Å². The van der Waals surface area contributed by atoms with Gasteiger partial charge in [-0.1, -0.05) is 6.07 Å². The first-order valence-electron chi connectivity index (χ1n) is 4.77. The Morgan fingerprint density at radius 3 is 3.00 bits per heavy atom. The number of rotatable bonds is 2. The highest BCUT2D eigenvalue weighted by atomic mass is 16.5. The van der Waals surface area contributed by atoms with Crippen molar-refractivity contribution >= 4 is 5.69 Å². The van der Waals surface area contributed by atoms with Crippen molar-refractivity contribution in [2.24, 2.45) is 0 Å². The van der Waals surface area contributed by atoms with Gasteiger partial charge in [0.2, 0.25) is 0 Å². The van der Waals surface area contributed by atoms with Crippen LogP contribution >= 0.6 is 0 Å². The molecular weight excluding hydrogens is 162 g/mol. The van der Waals surface area contributed by atoms with Crippen LogP contribution in [-0.2, 0) is 6.42 Å². The van der Waals surface area contributed by atoms with E-state index in [-0.39, 0.29) is 0 Å². The first-order chi connectivity index (χ1) is 6.35. The zero-order valence-corrected chi connectivity index (χ0v) is 8.21. The Morgan fingerprint density at radius 2 is 2.31 bits per heavy atom. The standard InChI is InChI=1S/C11H15NO/c1-3-12-7-6-9-4-5-10(13-2)8-11(9)12/h4-5,8H,3,6-7H2,1-2H3. The molecule has 0 radical (unpaired) electrons. The third-order valence-electron chi connectivity index (χ3n) is 2.67. The summed E-state index contributed by atoms with van der Waals surface area (Å²) in [7, 11) is 1.72. The molecule has 1 aromatic carbocycles. The largest absolute Gasteiger partial charge is 0.497 e. The van der Waals surface area contributed by atoms with E-state index in [1.165, 1.54) is 17.7 Å². The van der Waals surface area contributed by atoms with Gasteiger partial charge in [-0.15, -0.1) is 0 Å². The second-order valence-corrected chi connectivity index (χ2v) is 3.32. The van der Waals surface area contributed by atoms with Gasteiger partial charge in [0, 0.05) is 24.8 Å². The van der Waals surface area contributed by atoms with Gasteiger partial charge >= 0.3 is 0 Å². The van der Waals surface area contributed by atoms with Crippen molar-refractivity contribution in [1.29, 1.82) is 0 Å². The van der Waals surface area contributed by atoms with Gasteiger partial charge in [-0.2, -0.15) is 0 Å². The zero-order valence-electron chi connectivity index (χ0n) is 8.21. The highest BCUT2D eigenvalue weighted by Crippen LogP contribution is 2.31. The number of ether oxygens (including phenoxy) is 1. The van der Waals surface area contributed by atoms with E-state index in [4.69, 9.17) is 4.74 Å². The molecule has 1 heterocycles. The molecule has 2 nitrogen and oxygen atoms in total. The van der Waals surface area contributed by atoms with E-state index in [1.807, 2.05) is 6.07 Å². The number of hydrogen-bond donors (Lipinski definition) is 0. The average Bonchev–Trinajstić information content (AvgIpc) is 2.59. The molecule has 0 saturated heterocycles. The molecule has 13 heavy (non-hydrogen) atoms. The lowest BCUT2D eigenvalue weighted by molar-refractivity contribution is 0.415. The number of methoxy groups -OCH3 is 1. The summed E-state index contributed by atoms with van der Waals surface area (Å²) in [4.78, 5) is 2.39. The first kappa shape index (κ1) is 8.42. The van der Waals surface area contributed by atoms with Gasteiger partial charge in [-0.25, -0.2) is 0 Å². The van der Waals surface area contributed by atoms with E-state index in [2.05, 4.69) is 24.0 Å². The van der Waals surface area contributed by atoms with Crippen molar-refractivity contribution in [3.8, 4) is 5.75 Å². The van der Waals surface area contributed by atoms with Gasteiger partial charge in [-0.05, 0) is 25.0 Å². The van der Waals surface area contributed by atoms with E-state index in [0.29, 0.717) is 0 Å². The molecule has 2 heteroatoms. The second kappa shape index (κ2) is 3.29. The molecule has 0 saturated carbocycles. The summed E-state index contributed by atoms with van der Waals surface area (Å²) in [5.74, 6) is 0.958. The van der Waals surface area contributed by atoms with Crippen LogP contribution in [0.3, 0.4) is 0 Å². The Kier molecular flexibility index (Phi) is 2.13. The third-order valence-corrected chi connectivity index (χ3v) is 2.67. The first-order valence-corrected chi connectivity index (χ1v) is 4.77. The molecule has 0 bridgehead atoms. The minimum Gasteiger partial charge on any atom is -0.497 e. The summed E-state index contributed by atoms with van der Waals surface area (Å²) in [6, 6.07) is 6.34. The molecule has 70 valence electrons. The maximum atomic E-state index is 5.21. The maximum absolute atomic E-state index is 5.21. The smallest absolute Gasteiger partial charge is 0.120 e. The summed E-state index contributed by atoms with van der Waals surface area (Å²) in [5, 5.41) is 0. The number of nitrogens with zero attached hydrogens (tertiary/aromatic N) is 1. The average molecular weight is 177 g/mol. The molecule has 0 spiro atoms. The van der Waals surface area contributed by atoms with Crippen molar-refractivity contribution in [2.75, 3.05) is 25.1 Å². The number of likely N-dealkylation sites (N-methyl/N-ethyl adjacent to an activating group) is 1. The second-order valence-electron chi connectivity index (χ2n) is 3.32. The third kappa shape index (κ3) is 1.37. The lowest BCUT2D eigenvalue weighted by Crippen LogP contribution is -2.19. The maximum Gasteiger partial charge on any atom is 0.120 e. The summed E-state index contributed by atoms with van der Waals surface area (Å²) in [6.45, 7) is 4.42. The monoisotopic (exact) mass is 177 g/mol. The fourth-order valence-electron chi connectivity index (χ4n) is 1.88. The summed E-state index contributed by atoms with van der Waals surface area (Å²) in [6.07, 6.45) is 1.17. The van der Waals surface area contributed by atoms with Crippen LogP contribution in [0, 0.1) is 0 Å². The van der Waals surface area contributed by atoms with Crippen LogP contribution < -0.4 is 9.64 Å². The Hall–Kier alpha value is -1.18. The lowest BCUT2D eigenvalue weighted by atomic mass is 10.1. The molecule has 0 amide bonds. The summed E-state index contributed by atoms with van der Waals surface area (Å²) >= 11 is 0. The number of fused-ring (bicyclic) bond motifs is 1. The molecule has 0 aliphatic carbocycles. The fraction of sp³-hybridized carbons (Fsp3) is 0.455. The summed E-state index contributed by atoms with van der Waals surface area (Å²) < 4.78 is 5.21. The van der Waals surface area contributed by atoms with Crippen LogP contribution in [0.25, 0.3) is 0 Å². The van der Waals surface area contributed by atoms with Gasteiger partial charge in [0.15, 0.2) is 0 Å². The quantitative estimate of drug-likeness (QED) is 0.685. The molecule has 0 fully saturated rings. The van der Waals surface area contributed by atoms with Crippen molar-refractivity contribution in [3.63, 3.8) is 0 Å². The van der Waals surface area contributed by atoms with Crippen LogP contribution in [0.2, 0.25) is 0 Å². The van der Waals surface area contributed by atoms with Gasteiger partial charge < -0.3 is 9.64 Å². The van der Waals surface area contributed by atoms with E-state index < -0.39 is 0 Å². The molecule has 1 aromatic rings. The van der Waals surface area contributed by atoms with Crippen LogP contribution in [-0.4, -0.2) is 20.2 Å². The van der Waals surface area contributed by atoms with Crippen LogP contribution in [0.1, 0.15) is 12.5 Å². The Morgan fingerprint density at radius 1 is 1.46 bits per heavy atom. The minimum absolute atomic E-state index is 0.958. The molecule has 1 aliphatic heterocycles. The highest BCUT2D eigenvalue weighted by Gasteiger charge is 2.17. The molecule has 1 aliphatic rings. The molecule has 0 atom stereocenters. The van der Waals surface area contributed by atoms with E-state index >= 15 is 0 Å². The minimum atomic E-state index is 0.958. The van der Waals surface area contributed by atoms with Crippen molar-refractivity contribution < 1.29 is 4.74 Å². The van der Waals surface area contributed by atoms with Crippen LogP contribution in [0.15, 0.2) is 18.2 Å². The Labute approximate surface area is 79.1 Å². The number of benzene rings is 1. The van der Waals surface area contributed by atoms with Crippen LogP contribution in [0.5, 0.6) is 5.75 Å². The normalized spacial score (nSPS) is 14.5. The van der Waals surface area contributed by atoms with Crippen molar-refractivity contribution in [2.45, 2.75) is 13.3 Å². The van der Waals surface area contributed by atoms with Gasteiger partial charge in [0.25, 0.3) is 0 Å². The number of hydrogen-bond acceptors (Lipinski definition) is 2. The number of anilines is 1. The molecule has 0 N–H and O–H groups in total. The molecule has 0 aromatic heterocycles. The van der Waals surface area contributed by atoms with E-state index in [1.54, 1.807) is 7.11 Å². The van der Waals surface area contributed by atoms with Gasteiger partial charge in [0.1, 0.15) is 5.75 Å². The van der Waals surface area contributed by atoms with Crippen molar-refractivity contribution in [3.05, 3.63) is 23.8 Å². The zero-order chi connectivity index (χ0) is 9.26. The fourth-order valence-corrected chi connectivity index (χ4v) is 1.88. The molecule has 0 unspecified atom stereocenters. The van der Waals surface area contributed by atoms with Gasteiger partial charge in [0.05, 0.1) is 7.11 Å². The molecular formula is C11H15NO. The van der Waals surface area contributed by atoms with E-state index in [9.17, 15) is 0 Å². The van der Waals surface area contributed by atoms with Crippen molar-refractivity contribution in [1.82, 2.24) is 0 Å². The Balaban J connectivity index is 2.37. The predicted molar refractivity (Wildman–Crippen MR) is 54.6 cm³/mol. The molecule has 2 rings (SSSR count). The summed E-state index contributed by atoms with van der Waals surface area (Å²) in [5.41, 5.74) is 2.80. The predicted octanol–water partition coefficient (Wildman–Crippen LogP) is 2.08.